The molecule has 9 nitrogen and oxygen atoms in total. The molecule has 9 heteroatoms. The van der Waals surface area contributed by atoms with Gasteiger partial charge in [-0.3, -0.25) is 4.79 Å². The molecule has 2 aliphatic heterocycles. The number of aliphatic hydroxyl groups is 2. The molecule has 0 aromatic heterocycles. The summed E-state index contributed by atoms with van der Waals surface area (Å²) < 4.78 is 17.3. The first kappa shape index (κ1) is 24.7. The Morgan fingerprint density at radius 1 is 1.38 bits per heavy atom. The number of hydrogen-bond donors (Lipinski definition) is 3. The molecule has 1 aromatic carbocycles. The van der Waals surface area contributed by atoms with Gasteiger partial charge in [0.1, 0.15) is 11.5 Å². The maximum atomic E-state index is 12.8. The predicted octanol–water partition coefficient (Wildman–Crippen LogP) is 1.05. The molecule has 1 saturated heterocycles. The van der Waals surface area contributed by atoms with Gasteiger partial charge in [-0.2, -0.15) is 0 Å². The van der Waals surface area contributed by atoms with Crippen LogP contribution in [0, 0.1) is 6.92 Å². The highest BCUT2D eigenvalue weighted by atomic mass is 16.6. The third kappa shape index (κ3) is 3.53. The molecular weight excluding hydrogens is 440 g/mol. The van der Waals surface area contributed by atoms with Gasteiger partial charge in [0.15, 0.2) is 12.2 Å². The van der Waals surface area contributed by atoms with E-state index in [0.717, 1.165) is 11.1 Å². The van der Waals surface area contributed by atoms with Crippen LogP contribution in [-0.2, 0) is 31.1 Å². The lowest BCUT2D eigenvalue weighted by Gasteiger charge is -2.58. The van der Waals surface area contributed by atoms with Crippen LogP contribution in [0.4, 0.5) is 0 Å². The molecule has 0 radical (unpaired) electrons. The van der Waals surface area contributed by atoms with Crippen molar-refractivity contribution in [1.29, 1.82) is 0 Å². The van der Waals surface area contributed by atoms with Crippen LogP contribution in [0.15, 0.2) is 24.0 Å². The summed E-state index contributed by atoms with van der Waals surface area (Å²) in [5.41, 5.74) is 5.74. The summed E-state index contributed by atoms with van der Waals surface area (Å²) in [5.74, 6) is -0.481. The number of aliphatic hydroxyl groups excluding tert-OH is 1. The Labute approximate surface area is 199 Å². The fourth-order valence-electron chi connectivity index (χ4n) is 5.82. The number of rotatable bonds is 6. The normalized spacial score (nSPS) is 30.9. The van der Waals surface area contributed by atoms with Crippen molar-refractivity contribution in [3.05, 3.63) is 40.7 Å². The Hall–Kier alpha value is -2.46. The number of piperidine rings is 1. The number of nitrogens with zero attached hydrogens (tertiary/aromatic N) is 1. The molecule has 1 aliphatic carbocycles. The van der Waals surface area contributed by atoms with Gasteiger partial charge >= 0.3 is 11.9 Å². The van der Waals surface area contributed by atoms with E-state index in [1.165, 1.54) is 6.92 Å². The van der Waals surface area contributed by atoms with Crippen LogP contribution in [0.25, 0.3) is 0 Å². The Morgan fingerprint density at radius 2 is 2.12 bits per heavy atom. The highest BCUT2D eigenvalue weighted by Gasteiger charge is 2.69. The minimum atomic E-state index is -1.19. The molecule has 1 aromatic rings. The number of likely N-dealkylation sites (N-methyl/N-ethyl adjacent to an activating group) is 1. The van der Waals surface area contributed by atoms with E-state index in [1.807, 2.05) is 33.0 Å². The molecule has 1 spiro atoms. The van der Waals surface area contributed by atoms with E-state index < -0.39 is 35.2 Å². The summed E-state index contributed by atoms with van der Waals surface area (Å²) in [6.07, 6.45) is 0.654. The summed E-state index contributed by atoms with van der Waals surface area (Å²) in [7, 11) is 1.98. The van der Waals surface area contributed by atoms with E-state index in [-0.39, 0.29) is 37.8 Å². The molecule has 1 fully saturated rings. The van der Waals surface area contributed by atoms with Crippen molar-refractivity contribution in [3.63, 3.8) is 0 Å². The highest BCUT2D eigenvalue weighted by Crippen LogP contribution is 2.61. The standard InChI is InChI=1S/C25H34N2O7/c1-14-5-6-17(13-28)21-20(14)24-10-12-27(4)16(3)25(24,31)9-7-18(22(24)34-21)33-23(30)15(2)32-19(29)8-11-26/h5-7,15-16,22,28,31H,8-13,26H2,1-4H3/t15-,16+,22-,24-,25+/m0/s1. The Morgan fingerprint density at radius 3 is 2.79 bits per heavy atom. The maximum absolute atomic E-state index is 12.8. The van der Waals surface area contributed by atoms with Gasteiger partial charge in [-0.25, -0.2) is 4.79 Å². The third-order valence-electron chi connectivity index (χ3n) is 7.81. The van der Waals surface area contributed by atoms with Crippen molar-refractivity contribution in [2.75, 3.05) is 20.1 Å². The summed E-state index contributed by atoms with van der Waals surface area (Å²) in [5, 5.41) is 22.2. The average molecular weight is 475 g/mol. The summed E-state index contributed by atoms with van der Waals surface area (Å²) in [6, 6.07) is 3.55. The average Bonchev–Trinajstić information content (AvgIpc) is 3.16. The molecule has 0 saturated carbocycles. The first-order chi connectivity index (χ1) is 16.1. The van der Waals surface area contributed by atoms with Crippen LogP contribution in [-0.4, -0.2) is 71.0 Å². The lowest BCUT2D eigenvalue weighted by atomic mass is 9.54. The van der Waals surface area contributed by atoms with Crippen molar-refractivity contribution in [2.45, 2.75) is 75.9 Å². The number of benzene rings is 1. The molecule has 4 N–H and O–H groups in total. The Bertz CT molecular complexity index is 1020. The van der Waals surface area contributed by atoms with Crippen LogP contribution < -0.4 is 10.5 Å². The van der Waals surface area contributed by atoms with E-state index in [2.05, 4.69) is 4.90 Å². The van der Waals surface area contributed by atoms with Gasteiger partial charge in [0.2, 0.25) is 0 Å². The van der Waals surface area contributed by atoms with E-state index in [9.17, 15) is 19.8 Å². The number of hydrogen-bond acceptors (Lipinski definition) is 9. The van der Waals surface area contributed by atoms with Crippen LogP contribution in [0.1, 0.15) is 49.8 Å². The molecule has 5 atom stereocenters. The third-order valence-corrected chi connectivity index (χ3v) is 7.81. The van der Waals surface area contributed by atoms with Gasteiger partial charge in [0, 0.05) is 30.1 Å². The van der Waals surface area contributed by atoms with Crippen molar-refractivity contribution >= 4 is 11.9 Å². The quantitative estimate of drug-likeness (QED) is 0.518. The predicted molar refractivity (Wildman–Crippen MR) is 123 cm³/mol. The lowest BCUT2D eigenvalue weighted by Crippen LogP contribution is -2.71. The molecule has 0 bridgehead atoms. The number of carbonyl (C=O) groups excluding carboxylic acids is 2. The summed E-state index contributed by atoms with van der Waals surface area (Å²) in [4.78, 5) is 26.7. The second kappa shape index (κ2) is 8.96. The number of likely N-dealkylation sites (tertiary alicyclic amines) is 1. The second-order valence-electron chi connectivity index (χ2n) is 9.61. The molecule has 4 rings (SSSR count). The fourth-order valence-corrected chi connectivity index (χ4v) is 5.82. The van der Waals surface area contributed by atoms with Crippen molar-refractivity contribution < 1.29 is 34.0 Å². The van der Waals surface area contributed by atoms with Gasteiger partial charge in [-0.1, -0.05) is 12.1 Å². The molecule has 0 unspecified atom stereocenters. The van der Waals surface area contributed by atoms with E-state index in [4.69, 9.17) is 19.9 Å². The highest BCUT2D eigenvalue weighted by molar-refractivity contribution is 5.80. The van der Waals surface area contributed by atoms with Crippen LogP contribution in [0.3, 0.4) is 0 Å². The smallest absolute Gasteiger partial charge is 0.352 e. The van der Waals surface area contributed by atoms with Gasteiger partial charge in [-0.15, -0.1) is 0 Å². The molecule has 34 heavy (non-hydrogen) atoms. The minimum absolute atomic E-state index is 0.00608. The van der Waals surface area contributed by atoms with Crippen LogP contribution in [0.5, 0.6) is 5.75 Å². The van der Waals surface area contributed by atoms with Gasteiger partial charge in [0.05, 0.1) is 24.0 Å². The van der Waals surface area contributed by atoms with E-state index in [1.54, 1.807) is 6.08 Å². The van der Waals surface area contributed by atoms with Crippen molar-refractivity contribution in [3.8, 4) is 5.75 Å². The van der Waals surface area contributed by atoms with E-state index in [0.29, 0.717) is 24.3 Å². The minimum Gasteiger partial charge on any atom is -0.481 e. The number of ether oxygens (including phenoxy) is 3. The van der Waals surface area contributed by atoms with Gasteiger partial charge in [0.25, 0.3) is 0 Å². The topological polar surface area (TPSA) is 132 Å². The number of esters is 2. The number of fused-ring (bicyclic) bond motifs is 1. The SMILES string of the molecule is Cc1ccc(CO)c2c1[C@]13CCN(C)[C@H](C)[C@]1(O)CC=C(OC(=O)[C@H](C)OC(=O)CCN)[C@@H]3O2. The number of aryl methyl sites for hydroxylation is 1. The zero-order valence-corrected chi connectivity index (χ0v) is 20.2. The Balaban J connectivity index is 1.75. The van der Waals surface area contributed by atoms with Crippen LogP contribution >= 0.6 is 0 Å². The van der Waals surface area contributed by atoms with Gasteiger partial charge in [-0.05, 0) is 52.4 Å². The fraction of sp³-hybridized carbons (Fsp3) is 0.600. The Kier molecular flexibility index (Phi) is 6.50. The first-order valence-electron chi connectivity index (χ1n) is 11.7. The van der Waals surface area contributed by atoms with Crippen molar-refractivity contribution in [2.24, 2.45) is 5.73 Å². The molecule has 3 aliphatic rings. The van der Waals surface area contributed by atoms with Crippen molar-refractivity contribution in [1.82, 2.24) is 4.90 Å². The number of nitrogens with two attached hydrogens (primary N) is 1. The first-order valence-corrected chi connectivity index (χ1v) is 11.7. The van der Waals surface area contributed by atoms with Gasteiger partial charge < -0.3 is 35.1 Å². The van der Waals surface area contributed by atoms with Crippen LogP contribution in [0.2, 0.25) is 0 Å². The molecule has 186 valence electrons. The largest absolute Gasteiger partial charge is 0.481 e. The maximum Gasteiger partial charge on any atom is 0.352 e. The number of carbonyl (C=O) groups is 2. The zero-order valence-electron chi connectivity index (χ0n) is 20.2. The lowest BCUT2D eigenvalue weighted by molar-refractivity contribution is -0.171. The molecular formula is C25H34N2O7. The summed E-state index contributed by atoms with van der Waals surface area (Å²) in [6.45, 7) is 6.02. The molecule has 2 heterocycles. The summed E-state index contributed by atoms with van der Waals surface area (Å²) >= 11 is 0. The monoisotopic (exact) mass is 474 g/mol. The zero-order chi connectivity index (χ0) is 24.8. The molecule has 0 amide bonds. The van der Waals surface area contributed by atoms with E-state index >= 15 is 0 Å². The second-order valence-corrected chi connectivity index (χ2v) is 9.61.